The van der Waals surface area contributed by atoms with Crippen LogP contribution in [0.5, 0.6) is 11.5 Å². The molecule has 0 aliphatic carbocycles. The summed E-state index contributed by atoms with van der Waals surface area (Å²) in [5, 5.41) is 20.1. The standard InChI is InChI=1S/C16H24O5/c1-4-6-7-12(16(19)20-3)15(18)11-8-9-13(17)14(10-11)21-5-2/h8-10,12,15,17-18H,4-7H2,1-3H3. The fourth-order valence-electron chi connectivity index (χ4n) is 2.20. The second-order valence-electron chi connectivity index (χ2n) is 4.88. The van der Waals surface area contributed by atoms with E-state index < -0.39 is 18.0 Å². The fourth-order valence-corrected chi connectivity index (χ4v) is 2.20. The van der Waals surface area contributed by atoms with E-state index in [1.807, 2.05) is 6.92 Å². The molecule has 0 saturated heterocycles. The molecule has 0 fully saturated rings. The lowest BCUT2D eigenvalue weighted by Gasteiger charge is -2.21. The molecule has 1 rings (SSSR count). The van der Waals surface area contributed by atoms with E-state index in [1.165, 1.54) is 13.2 Å². The quantitative estimate of drug-likeness (QED) is 0.721. The number of rotatable bonds is 8. The number of ether oxygens (including phenoxy) is 2. The molecule has 0 bridgehead atoms. The van der Waals surface area contributed by atoms with Crippen LogP contribution < -0.4 is 4.74 Å². The lowest BCUT2D eigenvalue weighted by molar-refractivity contribution is -0.150. The minimum Gasteiger partial charge on any atom is -0.504 e. The molecule has 0 amide bonds. The van der Waals surface area contributed by atoms with Crippen LogP contribution in [0.2, 0.25) is 0 Å². The molecule has 0 heterocycles. The number of phenolic OH excluding ortho intramolecular Hbond substituents is 1. The van der Waals surface area contributed by atoms with Gasteiger partial charge in [0.15, 0.2) is 11.5 Å². The van der Waals surface area contributed by atoms with Gasteiger partial charge >= 0.3 is 5.97 Å². The molecule has 21 heavy (non-hydrogen) atoms. The molecule has 2 atom stereocenters. The average molecular weight is 296 g/mol. The van der Waals surface area contributed by atoms with Crippen molar-refractivity contribution in [2.45, 2.75) is 39.2 Å². The van der Waals surface area contributed by atoms with Crippen LogP contribution in [0.4, 0.5) is 0 Å². The number of benzene rings is 1. The van der Waals surface area contributed by atoms with Gasteiger partial charge in [0.05, 0.1) is 25.7 Å². The highest BCUT2D eigenvalue weighted by molar-refractivity contribution is 5.73. The van der Waals surface area contributed by atoms with Gasteiger partial charge in [-0.15, -0.1) is 0 Å². The van der Waals surface area contributed by atoms with E-state index in [-0.39, 0.29) is 5.75 Å². The van der Waals surface area contributed by atoms with E-state index in [9.17, 15) is 15.0 Å². The molecule has 2 N–H and O–H groups in total. The van der Waals surface area contributed by atoms with Gasteiger partial charge in [0.1, 0.15) is 0 Å². The smallest absolute Gasteiger partial charge is 0.311 e. The van der Waals surface area contributed by atoms with E-state index in [4.69, 9.17) is 9.47 Å². The van der Waals surface area contributed by atoms with Crippen molar-refractivity contribution in [3.8, 4) is 11.5 Å². The topological polar surface area (TPSA) is 76.0 Å². The first-order valence-electron chi connectivity index (χ1n) is 7.26. The van der Waals surface area contributed by atoms with Crippen LogP contribution in [0.3, 0.4) is 0 Å². The number of aliphatic hydroxyl groups excluding tert-OH is 1. The van der Waals surface area contributed by atoms with Gasteiger partial charge in [-0.2, -0.15) is 0 Å². The maximum absolute atomic E-state index is 11.8. The van der Waals surface area contributed by atoms with E-state index in [0.29, 0.717) is 24.3 Å². The highest BCUT2D eigenvalue weighted by atomic mass is 16.5. The highest BCUT2D eigenvalue weighted by Gasteiger charge is 2.29. The first kappa shape index (κ1) is 17.3. The summed E-state index contributed by atoms with van der Waals surface area (Å²) in [5.41, 5.74) is 0.530. The van der Waals surface area contributed by atoms with Gasteiger partial charge in [-0.3, -0.25) is 4.79 Å². The third-order valence-electron chi connectivity index (χ3n) is 3.38. The van der Waals surface area contributed by atoms with E-state index >= 15 is 0 Å². The summed E-state index contributed by atoms with van der Waals surface area (Å²) in [4.78, 5) is 11.8. The predicted octanol–water partition coefficient (Wildman–Crippen LogP) is 2.80. The second-order valence-corrected chi connectivity index (χ2v) is 4.88. The van der Waals surface area contributed by atoms with Crippen molar-refractivity contribution in [2.75, 3.05) is 13.7 Å². The van der Waals surface area contributed by atoms with E-state index in [2.05, 4.69) is 0 Å². The lowest BCUT2D eigenvalue weighted by atomic mass is 9.91. The number of esters is 1. The molecule has 0 saturated carbocycles. The van der Waals surface area contributed by atoms with Crippen LogP contribution >= 0.6 is 0 Å². The van der Waals surface area contributed by atoms with Crippen molar-refractivity contribution in [2.24, 2.45) is 5.92 Å². The molecule has 5 heteroatoms. The number of carbonyl (C=O) groups is 1. The lowest BCUT2D eigenvalue weighted by Crippen LogP contribution is -2.23. The number of hydrogen-bond acceptors (Lipinski definition) is 5. The second kappa shape index (κ2) is 8.52. The Morgan fingerprint density at radius 3 is 2.62 bits per heavy atom. The summed E-state index contributed by atoms with van der Waals surface area (Å²) >= 11 is 0. The Hall–Kier alpha value is -1.75. The number of phenols is 1. The zero-order chi connectivity index (χ0) is 15.8. The molecule has 2 unspecified atom stereocenters. The van der Waals surface area contributed by atoms with Crippen molar-refractivity contribution in [3.05, 3.63) is 23.8 Å². The number of aliphatic hydroxyl groups is 1. The van der Waals surface area contributed by atoms with Gasteiger partial charge in [-0.25, -0.2) is 0 Å². The van der Waals surface area contributed by atoms with Crippen LogP contribution in [0.1, 0.15) is 44.8 Å². The molecular formula is C16H24O5. The van der Waals surface area contributed by atoms with Crippen LogP contribution in [0.25, 0.3) is 0 Å². The van der Waals surface area contributed by atoms with Gasteiger partial charge in [0, 0.05) is 0 Å². The minimum atomic E-state index is -0.983. The fraction of sp³-hybridized carbons (Fsp3) is 0.562. The maximum Gasteiger partial charge on any atom is 0.311 e. The van der Waals surface area contributed by atoms with Crippen molar-refractivity contribution in [1.82, 2.24) is 0 Å². The molecule has 5 nitrogen and oxygen atoms in total. The van der Waals surface area contributed by atoms with Crippen LogP contribution in [0, 0.1) is 5.92 Å². The number of carbonyl (C=O) groups excluding carboxylic acids is 1. The Balaban J connectivity index is 2.99. The summed E-state index contributed by atoms with van der Waals surface area (Å²) in [5.74, 6) is -0.736. The first-order valence-corrected chi connectivity index (χ1v) is 7.26. The largest absolute Gasteiger partial charge is 0.504 e. The van der Waals surface area contributed by atoms with Gasteiger partial charge < -0.3 is 19.7 Å². The van der Waals surface area contributed by atoms with Gasteiger partial charge in [-0.05, 0) is 31.0 Å². The normalized spacial score (nSPS) is 13.5. The SMILES string of the molecule is CCCCC(C(=O)OC)C(O)c1ccc(O)c(OCC)c1. The van der Waals surface area contributed by atoms with Gasteiger partial charge in [0.2, 0.25) is 0 Å². The zero-order valence-corrected chi connectivity index (χ0v) is 12.8. The van der Waals surface area contributed by atoms with E-state index in [0.717, 1.165) is 12.8 Å². The molecule has 118 valence electrons. The number of hydrogen-bond donors (Lipinski definition) is 2. The minimum absolute atomic E-state index is 0.0102. The van der Waals surface area contributed by atoms with Gasteiger partial charge in [-0.1, -0.05) is 25.8 Å². The number of aromatic hydroxyl groups is 1. The maximum atomic E-state index is 11.8. The average Bonchev–Trinajstić information content (AvgIpc) is 2.49. The summed E-state index contributed by atoms with van der Waals surface area (Å²) in [6, 6.07) is 4.60. The zero-order valence-electron chi connectivity index (χ0n) is 12.8. The predicted molar refractivity (Wildman–Crippen MR) is 79.3 cm³/mol. The summed E-state index contributed by atoms with van der Waals surface area (Å²) in [6.45, 7) is 4.24. The molecule has 0 spiro atoms. The molecule has 0 aliphatic heterocycles. The van der Waals surface area contributed by atoms with Gasteiger partial charge in [0.25, 0.3) is 0 Å². The Labute approximate surface area is 125 Å². The van der Waals surface area contributed by atoms with Crippen LogP contribution in [0.15, 0.2) is 18.2 Å². The van der Waals surface area contributed by atoms with Crippen LogP contribution in [-0.2, 0) is 9.53 Å². The van der Waals surface area contributed by atoms with Crippen molar-refractivity contribution >= 4 is 5.97 Å². The monoisotopic (exact) mass is 296 g/mol. The summed E-state index contributed by atoms with van der Waals surface area (Å²) < 4.78 is 10.1. The highest BCUT2D eigenvalue weighted by Crippen LogP contribution is 2.33. The Kier molecular flexibility index (Phi) is 7.02. The number of unbranched alkanes of at least 4 members (excludes halogenated alkanes) is 1. The first-order chi connectivity index (χ1) is 10.0. The Morgan fingerprint density at radius 1 is 1.33 bits per heavy atom. The third-order valence-corrected chi connectivity index (χ3v) is 3.38. The Morgan fingerprint density at radius 2 is 2.05 bits per heavy atom. The number of methoxy groups -OCH3 is 1. The summed E-state index contributed by atoms with van der Waals surface area (Å²) in [6.07, 6.45) is 1.33. The molecular weight excluding hydrogens is 272 g/mol. The van der Waals surface area contributed by atoms with Crippen molar-refractivity contribution < 1.29 is 24.5 Å². The van der Waals surface area contributed by atoms with Crippen LogP contribution in [-0.4, -0.2) is 29.9 Å². The molecule has 1 aromatic carbocycles. The van der Waals surface area contributed by atoms with Crippen molar-refractivity contribution in [1.29, 1.82) is 0 Å². The molecule has 0 radical (unpaired) electrons. The van der Waals surface area contributed by atoms with E-state index in [1.54, 1.807) is 19.1 Å². The van der Waals surface area contributed by atoms with Crippen molar-refractivity contribution in [3.63, 3.8) is 0 Å². The third kappa shape index (κ3) is 4.63. The molecule has 0 aliphatic rings. The Bertz CT molecular complexity index is 458. The molecule has 0 aromatic heterocycles. The summed E-state index contributed by atoms with van der Waals surface area (Å²) in [7, 11) is 1.32. The molecule has 1 aromatic rings.